The van der Waals surface area contributed by atoms with Crippen LogP contribution in [-0.4, -0.2) is 32.9 Å². The molecule has 0 saturated carbocycles. The molecule has 0 heterocycles. The summed E-state index contributed by atoms with van der Waals surface area (Å²) in [6, 6.07) is 9.92. The van der Waals surface area contributed by atoms with Crippen molar-refractivity contribution in [1.29, 1.82) is 0 Å². The minimum absolute atomic E-state index is 0.00774. The quantitative estimate of drug-likeness (QED) is 0.677. The number of hydrogen-bond donors (Lipinski definition) is 2. The molecule has 3 N–H and O–H groups in total. The summed E-state index contributed by atoms with van der Waals surface area (Å²) in [7, 11) is -3.75. The van der Waals surface area contributed by atoms with Crippen LogP contribution in [0, 0.1) is 12.7 Å². The largest absolute Gasteiger partial charge is 0.449 e. The Labute approximate surface area is 162 Å². The molecule has 0 bridgehead atoms. The first-order chi connectivity index (χ1) is 13.1. The van der Waals surface area contributed by atoms with Gasteiger partial charge in [0.1, 0.15) is 5.82 Å². The number of primary sulfonamides is 1. The van der Waals surface area contributed by atoms with Crippen LogP contribution < -0.4 is 10.5 Å². The van der Waals surface area contributed by atoms with Crippen LogP contribution in [0.25, 0.3) is 0 Å². The minimum Gasteiger partial charge on any atom is -0.449 e. The highest BCUT2D eigenvalue weighted by Gasteiger charge is 2.19. The predicted octanol–water partition coefficient (Wildman–Crippen LogP) is 1.69. The first-order valence-electron chi connectivity index (χ1n) is 8.44. The van der Waals surface area contributed by atoms with Gasteiger partial charge in [0.25, 0.3) is 5.91 Å². The van der Waals surface area contributed by atoms with Crippen LogP contribution in [0.3, 0.4) is 0 Å². The molecule has 150 valence electrons. The van der Waals surface area contributed by atoms with Gasteiger partial charge in [0.05, 0.1) is 10.5 Å². The number of nitrogens with two attached hydrogens (primary N) is 1. The zero-order valence-corrected chi connectivity index (χ0v) is 16.3. The van der Waals surface area contributed by atoms with Gasteiger partial charge in [0, 0.05) is 6.54 Å². The van der Waals surface area contributed by atoms with Gasteiger partial charge in [-0.25, -0.2) is 22.7 Å². The van der Waals surface area contributed by atoms with E-state index in [-0.39, 0.29) is 17.0 Å². The standard InChI is InChI=1S/C19H21FN2O5S/c1-12-3-6-15(11-17(12)20)19(24)27-13(2)18(23)22-10-9-14-4-7-16(8-5-14)28(21,25)26/h3-8,11,13H,9-10H2,1-2H3,(H,22,23)(H2,21,25,26). The predicted molar refractivity (Wildman–Crippen MR) is 101 cm³/mol. The van der Waals surface area contributed by atoms with E-state index >= 15 is 0 Å². The van der Waals surface area contributed by atoms with E-state index in [0.29, 0.717) is 12.0 Å². The number of sulfonamides is 1. The van der Waals surface area contributed by atoms with E-state index < -0.39 is 33.8 Å². The summed E-state index contributed by atoms with van der Waals surface area (Å²) in [5.41, 5.74) is 1.23. The van der Waals surface area contributed by atoms with Crippen LogP contribution in [0.2, 0.25) is 0 Å². The molecule has 1 unspecified atom stereocenters. The lowest BCUT2D eigenvalue weighted by Crippen LogP contribution is -2.36. The molecule has 0 fully saturated rings. The molecule has 2 aromatic carbocycles. The van der Waals surface area contributed by atoms with Crippen molar-refractivity contribution in [1.82, 2.24) is 5.32 Å². The molecular formula is C19H21FN2O5S. The van der Waals surface area contributed by atoms with Crippen LogP contribution in [0.5, 0.6) is 0 Å². The summed E-state index contributed by atoms with van der Waals surface area (Å²) in [6.45, 7) is 3.25. The van der Waals surface area contributed by atoms with Gasteiger partial charge in [-0.1, -0.05) is 18.2 Å². The van der Waals surface area contributed by atoms with Gasteiger partial charge in [-0.15, -0.1) is 0 Å². The lowest BCUT2D eigenvalue weighted by Gasteiger charge is -2.14. The molecule has 0 radical (unpaired) electrons. The third-order valence-electron chi connectivity index (χ3n) is 4.03. The SMILES string of the molecule is Cc1ccc(C(=O)OC(C)C(=O)NCCc2ccc(S(N)(=O)=O)cc2)cc1F. The Morgan fingerprint density at radius 1 is 1.18 bits per heavy atom. The second-order valence-electron chi connectivity index (χ2n) is 6.24. The van der Waals surface area contributed by atoms with Crippen molar-refractivity contribution in [2.75, 3.05) is 6.54 Å². The van der Waals surface area contributed by atoms with Gasteiger partial charge in [0.15, 0.2) is 6.10 Å². The third-order valence-corrected chi connectivity index (χ3v) is 4.95. The van der Waals surface area contributed by atoms with Crippen LogP contribution in [0.1, 0.15) is 28.4 Å². The van der Waals surface area contributed by atoms with Crippen LogP contribution in [0.15, 0.2) is 47.4 Å². The van der Waals surface area contributed by atoms with E-state index in [1.54, 1.807) is 19.1 Å². The van der Waals surface area contributed by atoms with Crippen LogP contribution >= 0.6 is 0 Å². The molecule has 0 spiro atoms. The normalized spacial score (nSPS) is 12.3. The third kappa shape index (κ3) is 5.86. The molecule has 0 saturated heterocycles. The van der Waals surface area contributed by atoms with Crippen molar-refractivity contribution < 1.29 is 27.1 Å². The second kappa shape index (κ2) is 8.94. The fraction of sp³-hybridized carbons (Fsp3) is 0.263. The van der Waals surface area contributed by atoms with Gasteiger partial charge in [0.2, 0.25) is 10.0 Å². The van der Waals surface area contributed by atoms with Crippen molar-refractivity contribution in [2.24, 2.45) is 5.14 Å². The van der Waals surface area contributed by atoms with Gasteiger partial charge in [-0.2, -0.15) is 0 Å². The minimum atomic E-state index is -3.75. The Morgan fingerprint density at radius 2 is 1.82 bits per heavy atom. The Balaban J connectivity index is 1.83. The Hall–Kier alpha value is -2.78. The highest BCUT2D eigenvalue weighted by molar-refractivity contribution is 7.89. The number of benzene rings is 2. The van der Waals surface area contributed by atoms with Gasteiger partial charge < -0.3 is 10.1 Å². The molecule has 1 amide bonds. The molecule has 0 aromatic heterocycles. The van der Waals surface area contributed by atoms with E-state index in [1.807, 2.05) is 0 Å². The van der Waals surface area contributed by atoms with E-state index in [9.17, 15) is 22.4 Å². The Kier molecular flexibility index (Phi) is 6.87. The summed E-state index contributed by atoms with van der Waals surface area (Å²) < 4.78 is 41.0. The number of carbonyl (C=O) groups is 2. The van der Waals surface area contributed by atoms with Gasteiger partial charge >= 0.3 is 5.97 Å². The molecule has 9 heteroatoms. The number of ether oxygens (including phenoxy) is 1. The van der Waals surface area contributed by atoms with Crippen LogP contribution in [-0.2, 0) is 26.0 Å². The number of aryl methyl sites for hydroxylation is 1. The Bertz CT molecular complexity index is 974. The monoisotopic (exact) mass is 408 g/mol. The number of nitrogens with one attached hydrogen (secondary N) is 1. The molecule has 1 atom stereocenters. The molecule has 0 aliphatic rings. The van der Waals surface area contributed by atoms with Crippen molar-refractivity contribution in [3.05, 3.63) is 65.0 Å². The highest BCUT2D eigenvalue weighted by atomic mass is 32.2. The van der Waals surface area contributed by atoms with Crippen molar-refractivity contribution in [3.63, 3.8) is 0 Å². The fourth-order valence-electron chi connectivity index (χ4n) is 2.32. The summed E-state index contributed by atoms with van der Waals surface area (Å²) in [6.07, 6.45) is -0.609. The zero-order valence-electron chi connectivity index (χ0n) is 15.4. The van der Waals surface area contributed by atoms with Crippen LogP contribution in [0.4, 0.5) is 4.39 Å². The maximum atomic E-state index is 13.5. The van der Waals surface area contributed by atoms with E-state index in [2.05, 4.69) is 5.32 Å². The second-order valence-corrected chi connectivity index (χ2v) is 7.80. The lowest BCUT2D eigenvalue weighted by atomic mass is 10.1. The van der Waals surface area contributed by atoms with Crippen molar-refractivity contribution in [2.45, 2.75) is 31.3 Å². The molecule has 28 heavy (non-hydrogen) atoms. The first kappa shape index (κ1) is 21.5. The number of hydrogen-bond acceptors (Lipinski definition) is 5. The average molecular weight is 408 g/mol. The molecule has 0 aliphatic carbocycles. The maximum absolute atomic E-state index is 13.5. The van der Waals surface area contributed by atoms with Crippen molar-refractivity contribution in [3.8, 4) is 0 Å². The zero-order chi connectivity index (χ0) is 20.9. The number of rotatable bonds is 7. The fourth-order valence-corrected chi connectivity index (χ4v) is 2.84. The average Bonchev–Trinajstić information content (AvgIpc) is 2.63. The molecule has 0 aliphatic heterocycles. The first-order valence-corrected chi connectivity index (χ1v) is 9.99. The summed E-state index contributed by atoms with van der Waals surface area (Å²) in [4.78, 5) is 24.1. The summed E-state index contributed by atoms with van der Waals surface area (Å²) in [5.74, 6) is -1.82. The smallest absolute Gasteiger partial charge is 0.339 e. The molecular weight excluding hydrogens is 387 g/mol. The summed E-state index contributed by atoms with van der Waals surface area (Å²) in [5, 5.41) is 7.65. The van der Waals surface area contributed by atoms with Crippen molar-refractivity contribution >= 4 is 21.9 Å². The number of carbonyl (C=O) groups excluding carboxylic acids is 2. The van der Waals surface area contributed by atoms with Gasteiger partial charge in [-0.3, -0.25) is 4.79 Å². The van der Waals surface area contributed by atoms with Gasteiger partial charge in [-0.05, 0) is 55.7 Å². The van der Waals surface area contributed by atoms with E-state index in [0.717, 1.165) is 11.6 Å². The maximum Gasteiger partial charge on any atom is 0.339 e. The highest BCUT2D eigenvalue weighted by Crippen LogP contribution is 2.12. The number of amides is 1. The number of halogens is 1. The summed E-state index contributed by atoms with van der Waals surface area (Å²) >= 11 is 0. The van der Waals surface area contributed by atoms with E-state index in [4.69, 9.17) is 9.88 Å². The van der Waals surface area contributed by atoms with E-state index in [1.165, 1.54) is 31.2 Å². The lowest BCUT2D eigenvalue weighted by molar-refractivity contribution is -0.129. The molecule has 2 rings (SSSR count). The topological polar surface area (TPSA) is 116 Å². The Morgan fingerprint density at radius 3 is 2.39 bits per heavy atom. The molecule has 2 aromatic rings. The number of esters is 1. The molecule has 7 nitrogen and oxygen atoms in total.